The van der Waals surface area contributed by atoms with Gasteiger partial charge < -0.3 is 36.0 Å². The molecule has 1 aromatic carbocycles. The molecule has 1 aromatic rings. The number of fused-ring (bicyclic) bond motifs is 1. The molecule has 5 unspecified atom stereocenters. The highest BCUT2D eigenvalue weighted by molar-refractivity contribution is 8.03. The molecule has 182 valence electrons. The van der Waals surface area contributed by atoms with Gasteiger partial charge in [-0.15, -0.1) is 11.8 Å². The van der Waals surface area contributed by atoms with Gasteiger partial charge in [-0.25, -0.2) is 9.59 Å². The minimum Gasteiger partial charge on any atom is -0.506 e. The van der Waals surface area contributed by atoms with Gasteiger partial charge in [-0.1, -0.05) is 6.92 Å². The molecule has 3 heterocycles. The third-order valence-electron chi connectivity index (χ3n) is 6.51. The van der Waals surface area contributed by atoms with Crippen molar-refractivity contribution in [2.24, 2.45) is 11.8 Å². The summed E-state index contributed by atoms with van der Waals surface area (Å²) in [5.74, 6) is -4.47. The Morgan fingerprint density at radius 3 is 2.53 bits per heavy atom. The second-order valence-electron chi connectivity index (χ2n) is 8.73. The summed E-state index contributed by atoms with van der Waals surface area (Å²) in [6.45, 7) is 3.79. The van der Waals surface area contributed by atoms with Gasteiger partial charge in [-0.3, -0.25) is 9.59 Å². The predicted octanol–water partition coefficient (Wildman–Crippen LogP) is 0.646. The molecule has 2 saturated heterocycles. The molecule has 12 heteroatoms. The molecule has 11 nitrogen and oxygen atoms in total. The summed E-state index contributed by atoms with van der Waals surface area (Å²) in [4.78, 5) is 49.9. The van der Waals surface area contributed by atoms with Crippen LogP contribution in [0.5, 0.6) is 5.75 Å². The van der Waals surface area contributed by atoms with Crippen LogP contribution < -0.4 is 10.6 Å². The normalized spacial score (nSPS) is 29.0. The number of carbonyl (C=O) groups excluding carboxylic acids is 2. The van der Waals surface area contributed by atoms with E-state index in [1.165, 1.54) is 35.7 Å². The molecule has 6 atom stereocenters. The van der Waals surface area contributed by atoms with Crippen molar-refractivity contribution < 1.29 is 39.6 Å². The average Bonchev–Trinajstić information content (AvgIpc) is 3.31. The van der Waals surface area contributed by atoms with Gasteiger partial charge in [0.05, 0.1) is 35.4 Å². The number of aromatic hydroxyl groups is 1. The van der Waals surface area contributed by atoms with Gasteiger partial charge in [0.2, 0.25) is 11.8 Å². The van der Waals surface area contributed by atoms with Crippen LogP contribution in [0.4, 0.5) is 5.69 Å². The van der Waals surface area contributed by atoms with Gasteiger partial charge in [-0.2, -0.15) is 0 Å². The molecule has 3 aliphatic rings. The van der Waals surface area contributed by atoms with Crippen molar-refractivity contribution in [3.05, 3.63) is 34.4 Å². The second kappa shape index (κ2) is 8.93. The topological polar surface area (TPSA) is 176 Å². The van der Waals surface area contributed by atoms with Crippen LogP contribution in [0.1, 0.15) is 30.6 Å². The van der Waals surface area contributed by atoms with Crippen LogP contribution in [-0.4, -0.2) is 79.1 Å². The molecule has 2 amide bonds. The Balaban J connectivity index is 1.43. The maximum atomic E-state index is 12.7. The molecule has 0 radical (unpaired) electrons. The van der Waals surface area contributed by atoms with Crippen LogP contribution in [0.2, 0.25) is 0 Å². The molecule has 0 aliphatic carbocycles. The van der Waals surface area contributed by atoms with Crippen LogP contribution in [0.3, 0.4) is 0 Å². The van der Waals surface area contributed by atoms with Crippen molar-refractivity contribution in [2.45, 2.75) is 43.7 Å². The molecule has 6 N–H and O–H groups in total. The summed E-state index contributed by atoms with van der Waals surface area (Å²) in [5, 5.41) is 44.2. The van der Waals surface area contributed by atoms with E-state index < -0.39 is 47.9 Å². The number of carboxylic acid groups (broad SMARTS) is 2. The fourth-order valence-corrected chi connectivity index (χ4v) is 6.32. The summed E-state index contributed by atoms with van der Waals surface area (Å²) in [7, 11) is 0. The second-order valence-corrected chi connectivity index (χ2v) is 10.1. The van der Waals surface area contributed by atoms with E-state index >= 15 is 0 Å². The quantitative estimate of drug-likeness (QED) is 0.234. The lowest BCUT2D eigenvalue weighted by molar-refractivity contribution is -0.163. The van der Waals surface area contributed by atoms with Gasteiger partial charge in [0, 0.05) is 22.6 Å². The van der Waals surface area contributed by atoms with Crippen LogP contribution >= 0.6 is 11.8 Å². The lowest BCUT2D eigenvalue weighted by Crippen LogP contribution is -2.63. The van der Waals surface area contributed by atoms with Gasteiger partial charge in [-0.05, 0) is 31.5 Å². The van der Waals surface area contributed by atoms with Crippen LogP contribution in [0, 0.1) is 11.8 Å². The number of thioether (sulfide) groups is 1. The summed E-state index contributed by atoms with van der Waals surface area (Å²) in [6, 6.07) is 2.62. The Kier molecular flexibility index (Phi) is 6.32. The molecule has 0 saturated carbocycles. The number of aliphatic carboxylic acids is 1. The lowest BCUT2D eigenvalue weighted by Gasteiger charge is -2.46. The van der Waals surface area contributed by atoms with Crippen LogP contribution in [0.25, 0.3) is 0 Å². The Morgan fingerprint density at radius 2 is 1.94 bits per heavy atom. The number of amides is 2. The first kappa shape index (κ1) is 24.0. The van der Waals surface area contributed by atoms with E-state index in [1.807, 2.05) is 6.92 Å². The van der Waals surface area contributed by atoms with Crippen molar-refractivity contribution >= 4 is 41.2 Å². The number of β-lactam (4-membered cyclic amide) rings is 1. The Morgan fingerprint density at radius 1 is 1.24 bits per heavy atom. The number of nitrogens with one attached hydrogen (secondary N) is 2. The molecular formula is C22H25N3O8S. The Hall–Kier alpha value is -3.09. The number of anilines is 1. The van der Waals surface area contributed by atoms with Crippen molar-refractivity contribution in [2.75, 3.05) is 11.9 Å². The first-order valence-corrected chi connectivity index (χ1v) is 11.6. The highest BCUT2D eigenvalue weighted by Gasteiger charge is 2.60. The number of nitrogens with zero attached hydrogens (tertiary/aromatic N) is 1. The molecule has 4 rings (SSSR count). The molecule has 0 aromatic heterocycles. The van der Waals surface area contributed by atoms with Gasteiger partial charge in [0.25, 0.3) is 0 Å². The van der Waals surface area contributed by atoms with Crippen molar-refractivity contribution in [3.63, 3.8) is 0 Å². The first-order chi connectivity index (χ1) is 16.0. The summed E-state index contributed by atoms with van der Waals surface area (Å²) >= 11 is 1.32. The summed E-state index contributed by atoms with van der Waals surface area (Å²) in [6.07, 6.45) is -0.496. The molecule has 34 heavy (non-hydrogen) atoms. The smallest absolute Gasteiger partial charge is 0.353 e. The van der Waals surface area contributed by atoms with Crippen molar-refractivity contribution in [3.8, 4) is 5.75 Å². The van der Waals surface area contributed by atoms with E-state index in [0.29, 0.717) is 17.9 Å². The van der Waals surface area contributed by atoms with Gasteiger partial charge in [0.15, 0.2) is 0 Å². The highest BCUT2D eigenvalue weighted by Crippen LogP contribution is 2.51. The van der Waals surface area contributed by atoms with Crippen molar-refractivity contribution in [1.29, 1.82) is 0 Å². The molecule has 0 bridgehead atoms. The zero-order valence-electron chi connectivity index (χ0n) is 18.4. The number of phenols is 1. The fourth-order valence-electron chi connectivity index (χ4n) is 4.84. The molecule has 2 fully saturated rings. The standard InChI is InChI=1S/C22H25N3O8S/c1-8-16-15(9(2)26)20(29)25(16)17(22(32)33)18(8)34-11-6-13(23-7-11)19(28)24-12-4-3-10(21(30)31)5-14(12)27/h3-5,8-9,11,13,15-16,23,26-27H,6-7H2,1-2H3,(H,24,28)(H,30,31)(H,32,33)/t8?,9?,11?,13?,15?,16-/m1/s1. The number of aromatic carboxylic acids is 1. The first-order valence-electron chi connectivity index (χ1n) is 10.8. The zero-order chi connectivity index (χ0) is 24.9. The number of carboxylic acids is 2. The average molecular weight is 492 g/mol. The largest absolute Gasteiger partial charge is 0.506 e. The lowest BCUT2D eigenvalue weighted by atomic mass is 9.79. The minimum atomic E-state index is -1.20. The maximum absolute atomic E-state index is 12.7. The maximum Gasteiger partial charge on any atom is 0.353 e. The van der Waals surface area contributed by atoms with E-state index in [9.17, 15) is 34.5 Å². The van der Waals surface area contributed by atoms with E-state index in [0.717, 1.165) is 6.07 Å². The number of benzene rings is 1. The van der Waals surface area contributed by atoms with E-state index in [-0.39, 0.29) is 33.9 Å². The van der Waals surface area contributed by atoms with E-state index in [2.05, 4.69) is 10.6 Å². The van der Waals surface area contributed by atoms with Gasteiger partial charge in [0.1, 0.15) is 11.4 Å². The Bertz CT molecular complexity index is 1100. The van der Waals surface area contributed by atoms with E-state index in [4.69, 9.17) is 5.11 Å². The number of aliphatic hydroxyl groups is 1. The number of aliphatic hydroxyl groups excluding tert-OH is 1. The minimum absolute atomic E-state index is 0.0549. The van der Waals surface area contributed by atoms with E-state index in [1.54, 1.807) is 0 Å². The summed E-state index contributed by atoms with van der Waals surface area (Å²) in [5.41, 5.74) is -0.0823. The number of hydrogen-bond donors (Lipinski definition) is 6. The number of hydrogen-bond acceptors (Lipinski definition) is 8. The van der Waals surface area contributed by atoms with Crippen molar-refractivity contribution in [1.82, 2.24) is 10.2 Å². The fraction of sp³-hybridized carbons (Fsp3) is 0.455. The highest BCUT2D eigenvalue weighted by atomic mass is 32.2. The zero-order valence-corrected chi connectivity index (χ0v) is 19.2. The van der Waals surface area contributed by atoms with Gasteiger partial charge >= 0.3 is 11.9 Å². The number of carbonyl (C=O) groups is 4. The molecular weight excluding hydrogens is 466 g/mol. The molecule has 0 spiro atoms. The predicted molar refractivity (Wildman–Crippen MR) is 121 cm³/mol. The number of phenolic OH excluding ortho intramolecular Hbond substituents is 1. The SMILES string of the molecule is CC(O)C1C(=O)N2C(C(=O)O)=C(SC3CNC(C(=O)Nc4ccc(C(=O)O)cc4O)C3)C(C)[C@H]12. The van der Waals surface area contributed by atoms with Crippen LogP contribution in [-0.2, 0) is 14.4 Å². The van der Waals surface area contributed by atoms with Crippen LogP contribution in [0.15, 0.2) is 28.8 Å². The monoisotopic (exact) mass is 491 g/mol. The Labute approximate surface area is 198 Å². The summed E-state index contributed by atoms with van der Waals surface area (Å²) < 4.78 is 0. The molecule has 3 aliphatic heterocycles. The third-order valence-corrected chi connectivity index (χ3v) is 8.03. The third kappa shape index (κ3) is 4.01. The number of rotatable bonds is 7.